The average molecular weight is 1130 g/mol. The van der Waals surface area contributed by atoms with Crippen LogP contribution in [0.15, 0.2) is 39.0 Å². The molecular formula is C48H51N13O8S6. The van der Waals surface area contributed by atoms with Gasteiger partial charge in [-0.05, 0) is 43.7 Å². The number of nitrogens with one attached hydrogen (secondary N) is 6. The highest BCUT2D eigenvalue weighted by atomic mass is 32.1. The van der Waals surface area contributed by atoms with Gasteiger partial charge >= 0.3 is 5.97 Å². The number of aliphatic carboxylic acids is 1. The highest BCUT2D eigenvalue weighted by molar-refractivity contribution is 7.15. The Morgan fingerprint density at radius 2 is 1.29 bits per heavy atom. The van der Waals surface area contributed by atoms with E-state index in [2.05, 4.69) is 46.9 Å². The van der Waals surface area contributed by atoms with E-state index in [-0.39, 0.29) is 65.8 Å². The number of amides is 6. The number of carboxylic acids is 1. The van der Waals surface area contributed by atoms with Crippen molar-refractivity contribution < 1.29 is 38.7 Å². The zero-order chi connectivity index (χ0) is 53.5. The first kappa shape index (κ1) is 54.5. The summed E-state index contributed by atoms with van der Waals surface area (Å²) in [5, 5.41) is 37.3. The van der Waals surface area contributed by atoms with Crippen molar-refractivity contribution in [3.63, 3.8) is 0 Å². The summed E-state index contributed by atoms with van der Waals surface area (Å²) < 4.78 is 0. The van der Waals surface area contributed by atoms with Crippen LogP contribution >= 0.6 is 68.0 Å². The number of rotatable bonds is 12. The lowest BCUT2D eigenvalue weighted by Gasteiger charge is -2.20. The molecule has 8 rings (SSSR count). The molecule has 1 aliphatic heterocycles. The van der Waals surface area contributed by atoms with Gasteiger partial charge in [0, 0.05) is 57.4 Å². The number of carboxylic acid groups (broad SMARTS) is 1. The maximum Gasteiger partial charge on any atom is 0.303 e. The molecule has 6 amide bonds. The molecule has 7 N–H and O–H groups in total. The van der Waals surface area contributed by atoms with Gasteiger partial charge in [-0.25, -0.2) is 34.9 Å². The lowest BCUT2D eigenvalue weighted by molar-refractivity contribution is -0.137. The first-order chi connectivity index (χ1) is 36.0. The number of carbonyl (C=O) groups excluding carboxylic acids is 6. The summed E-state index contributed by atoms with van der Waals surface area (Å²) in [5.41, 5.74) is 2.84. The normalized spacial score (nSPS) is 16.5. The van der Waals surface area contributed by atoms with Gasteiger partial charge in [-0.2, -0.15) is 0 Å². The SMILES string of the molecule is CNC(=O)CC1NC(=O)c2csc(n2)-c2ccc(-c3nc(C(=O)NCCCCCC(=O)O)cs3)nc2-c2csc(n2)-c2csc(n2)C(C(C)C)NC(=O)CNC(=O)c2csc(n2)C(C(C)C)NC(=O)c2nc1sc2C. The van der Waals surface area contributed by atoms with Crippen molar-refractivity contribution in [1.29, 1.82) is 0 Å². The molecule has 0 saturated carbocycles. The quantitative estimate of drug-likeness (QED) is 0.0584. The van der Waals surface area contributed by atoms with Gasteiger partial charge < -0.3 is 37.0 Å². The van der Waals surface area contributed by atoms with Gasteiger partial charge in [-0.15, -0.1) is 68.0 Å². The maximum atomic E-state index is 14.1. The molecule has 7 aromatic rings. The van der Waals surface area contributed by atoms with Crippen molar-refractivity contribution in [3.05, 3.63) is 81.7 Å². The van der Waals surface area contributed by atoms with E-state index in [4.69, 9.17) is 25.0 Å². The highest BCUT2D eigenvalue weighted by Crippen LogP contribution is 2.39. The van der Waals surface area contributed by atoms with Gasteiger partial charge in [0.25, 0.3) is 23.6 Å². The number of aryl methyl sites for hydroxylation is 1. The molecule has 0 fully saturated rings. The van der Waals surface area contributed by atoms with Crippen LogP contribution < -0.4 is 31.9 Å². The molecular weight excluding hydrogens is 1080 g/mol. The smallest absolute Gasteiger partial charge is 0.303 e. The van der Waals surface area contributed by atoms with Crippen LogP contribution in [0, 0.1) is 18.8 Å². The Morgan fingerprint density at radius 3 is 2.03 bits per heavy atom. The lowest BCUT2D eigenvalue weighted by Crippen LogP contribution is -2.40. The molecule has 10 bridgehead atoms. The second kappa shape index (κ2) is 24.3. The van der Waals surface area contributed by atoms with Crippen LogP contribution in [0.25, 0.3) is 43.4 Å². The summed E-state index contributed by atoms with van der Waals surface area (Å²) in [7, 11) is 1.48. The third kappa shape index (κ3) is 13.2. The monoisotopic (exact) mass is 1130 g/mol. The van der Waals surface area contributed by atoms with Crippen molar-refractivity contribution in [2.45, 2.75) is 84.8 Å². The van der Waals surface area contributed by atoms with Crippen LogP contribution in [0.4, 0.5) is 0 Å². The number of hydrogen-bond acceptors (Lipinski definition) is 20. The summed E-state index contributed by atoms with van der Waals surface area (Å²) in [5.74, 6) is -3.97. The van der Waals surface area contributed by atoms with E-state index in [1.54, 1.807) is 35.2 Å². The summed E-state index contributed by atoms with van der Waals surface area (Å²) >= 11 is 7.47. The van der Waals surface area contributed by atoms with Gasteiger partial charge in [0.05, 0.1) is 36.8 Å². The zero-order valence-corrected chi connectivity index (χ0v) is 46.2. The fourth-order valence-corrected chi connectivity index (χ4v) is 13.0. The third-order valence-corrected chi connectivity index (χ3v) is 17.1. The first-order valence-electron chi connectivity index (χ1n) is 23.6. The zero-order valence-electron chi connectivity index (χ0n) is 41.3. The summed E-state index contributed by atoms with van der Waals surface area (Å²) in [6.07, 6.45) is 1.67. The number of carbonyl (C=O) groups is 7. The molecule has 0 saturated heterocycles. The fourth-order valence-electron chi connectivity index (χ4n) is 7.59. The number of pyridine rings is 1. The van der Waals surface area contributed by atoms with Crippen molar-refractivity contribution in [2.75, 3.05) is 20.1 Å². The predicted molar refractivity (Wildman–Crippen MR) is 288 cm³/mol. The molecule has 27 heteroatoms. The number of hydrogen-bond donors (Lipinski definition) is 7. The van der Waals surface area contributed by atoms with E-state index in [0.29, 0.717) is 89.1 Å². The van der Waals surface area contributed by atoms with Gasteiger partial charge in [0.1, 0.15) is 69.9 Å². The van der Waals surface area contributed by atoms with Gasteiger partial charge in [0.2, 0.25) is 11.8 Å². The van der Waals surface area contributed by atoms with Crippen LogP contribution in [0.3, 0.4) is 0 Å². The van der Waals surface area contributed by atoms with E-state index < -0.39 is 47.7 Å². The average Bonchev–Trinajstić information content (AvgIpc) is 4.25. The van der Waals surface area contributed by atoms with Crippen molar-refractivity contribution in [2.24, 2.45) is 11.8 Å². The molecule has 7 aromatic heterocycles. The number of fused-ring (bicyclic) bond motifs is 14. The van der Waals surface area contributed by atoms with E-state index in [1.165, 1.54) is 63.7 Å². The Balaban J connectivity index is 1.15. The van der Waals surface area contributed by atoms with Crippen molar-refractivity contribution in [3.8, 4) is 43.4 Å². The maximum absolute atomic E-state index is 14.1. The van der Waals surface area contributed by atoms with Gasteiger partial charge in [0.15, 0.2) is 0 Å². The van der Waals surface area contributed by atoms with E-state index in [9.17, 15) is 33.6 Å². The second-order valence-electron chi connectivity index (χ2n) is 17.8. The molecule has 0 aromatic carbocycles. The topological polar surface area (TPSA) is 302 Å². The van der Waals surface area contributed by atoms with E-state index in [0.717, 1.165) is 11.3 Å². The molecule has 21 nitrogen and oxygen atoms in total. The molecule has 0 aliphatic carbocycles. The molecule has 0 spiro atoms. The largest absolute Gasteiger partial charge is 0.481 e. The van der Waals surface area contributed by atoms with E-state index in [1.807, 2.05) is 38.5 Å². The third-order valence-electron chi connectivity index (χ3n) is 11.6. The van der Waals surface area contributed by atoms with Crippen LogP contribution in [-0.4, -0.2) is 102 Å². The van der Waals surface area contributed by atoms with Crippen LogP contribution in [-0.2, 0) is 14.4 Å². The van der Waals surface area contributed by atoms with Crippen molar-refractivity contribution in [1.82, 2.24) is 66.8 Å². The van der Waals surface area contributed by atoms with E-state index >= 15 is 0 Å². The fraction of sp³-hybridized carbons (Fsp3) is 0.375. The minimum absolute atomic E-state index is 0.0524. The minimum Gasteiger partial charge on any atom is -0.481 e. The van der Waals surface area contributed by atoms with Crippen LogP contribution in [0.2, 0.25) is 0 Å². The number of unbranched alkanes of at least 4 members (excludes halogenated alkanes) is 2. The first-order valence-corrected chi connectivity index (χ1v) is 28.8. The molecule has 1 aliphatic rings. The predicted octanol–water partition coefficient (Wildman–Crippen LogP) is 7.46. The second-order valence-corrected chi connectivity index (χ2v) is 23.4. The van der Waals surface area contributed by atoms with Crippen LogP contribution in [0.5, 0.6) is 0 Å². The summed E-state index contributed by atoms with van der Waals surface area (Å²) in [4.78, 5) is 126. The molecule has 8 heterocycles. The highest BCUT2D eigenvalue weighted by Gasteiger charge is 2.31. The Kier molecular flexibility index (Phi) is 17.6. The Bertz CT molecular complexity index is 3260. The number of nitrogens with zero attached hydrogens (tertiary/aromatic N) is 7. The summed E-state index contributed by atoms with van der Waals surface area (Å²) in [6.45, 7) is 9.46. The lowest BCUT2D eigenvalue weighted by atomic mass is 10.0. The molecule has 75 heavy (non-hydrogen) atoms. The molecule has 3 unspecified atom stereocenters. The Hall–Kier alpha value is -6.78. The van der Waals surface area contributed by atoms with Gasteiger partial charge in [-0.1, -0.05) is 34.1 Å². The minimum atomic E-state index is -0.951. The molecule has 0 radical (unpaired) electrons. The van der Waals surface area contributed by atoms with Crippen molar-refractivity contribution >= 4 is 109 Å². The summed E-state index contributed by atoms with van der Waals surface area (Å²) in [6, 6.07) is 1.47. The number of thiazole rings is 6. The Labute approximate surface area is 453 Å². The van der Waals surface area contributed by atoms with Crippen LogP contribution in [0.1, 0.15) is 140 Å². The number of aromatic nitrogens is 7. The standard InChI is InChI=1S/C48H51N13O8S6/c1-21(2)35-47-58-31(20-74-47)45-54-27(16-71-45)38-24(11-12-25(52-38)44-56-28(17-72-44)39(66)50-13-9-7-8-10-34(64)65)43-55-30(19-70-43)41(68)53-26(14-32(62)49-6)46-61-37(23(5)75-46)42(69)60-36(22(3)4)48-57-29(18-73-48)40(67)51-15-33(63)59-35/h11-12,16-22,26,35-36H,7-10,13-15H2,1-6H3,(H,49,62)(H,50,66)(H,51,67)(H,53,68)(H,59,63)(H,60,69)(H,64,65). The Morgan fingerprint density at radius 1 is 0.653 bits per heavy atom. The van der Waals surface area contributed by atoms with Gasteiger partial charge in [-0.3, -0.25) is 33.6 Å². The molecule has 3 atom stereocenters. The molecule has 392 valence electrons.